The van der Waals surface area contributed by atoms with Crippen molar-refractivity contribution in [2.24, 2.45) is 0 Å². The molecule has 1 heterocycles. The number of aryl methyl sites for hydroxylation is 2. The summed E-state index contributed by atoms with van der Waals surface area (Å²) >= 11 is 0. The van der Waals surface area contributed by atoms with E-state index < -0.39 is 0 Å². The summed E-state index contributed by atoms with van der Waals surface area (Å²) in [7, 11) is 0. The lowest BCUT2D eigenvalue weighted by Crippen LogP contribution is -2.28. The van der Waals surface area contributed by atoms with E-state index in [4.69, 9.17) is 9.72 Å². The molecule has 1 amide bonds. The van der Waals surface area contributed by atoms with Crippen LogP contribution in [0.15, 0.2) is 72.8 Å². The highest BCUT2D eigenvalue weighted by Crippen LogP contribution is 2.19. The number of imidazole rings is 1. The molecule has 164 valence electrons. The quantitative estimate of drug-likeness (QED) is 0.424. The fourth-order valence-electron chi connectivity index (χ4n) is 3.89. The van der Waals surface area contributed by atoms with Crippen molar-refractivity contribution in [3.63, 3.8) is 0 Å². The predicted molar refractivity (Wildman–Crippen MR) is 128 cm³/mol. The van der Waals surface area contributed by atoms with E-state index in [1.165, 1.54) is 0 Å². The first-order chi connectivity index (χ1) is 15.6. The normalized spacial score (nSPS) is 10.9. The van der Waals surface area contributed by atoms with Gasteiger partial charge in [0.1, 0.15) is 18.2 Å². The molecular weight excluding hydrogens is 398 g/mol. The fraction of sp³-hybridized carbons (Fsp3) is 0.259. The average Bonchev–Trinajstić information content (AvgIpc) is 3.14. The van der Waals surface area contributed by atoms with Crippen LogP contribution in [0.5, 0.6) is 5.75 Å². The van der Waals surface area contributed by atoms with E-state index in [1.807, 2.05) is 80.6 Å². The Morgan fingerprint density at radius 2 is 1.66 bits per heavy atom. The Morgan fingerprint density at radius 1 is 0.938 bits per heavy atom. The summed E-state index contributed by atoms with van der Waals surface area (Å²) in [5.41, 5.74) is 5.37. The molecule has 4 aromatic rings. The largest absolute Gasteiger partial charge is 0.491 e. The first kappa shape index (κ1) is 21.6. The number of hydrogen-bond acceptors (Lipinski definition) is 3. The molecule has 0 spiro atoms. The number of aromatic nitrogens is 2. The number of nitrogens with one attached hydrogen (secondary N) is 1. The maximum Gasteiger partial charge on any atom is 0.224 e. The zero-order chi connectivity index (χ0) is 22.3. The van der Waals surface area contributed by atoms with Gasteiger partial charge in [-0.05, 0) is 48.7 Å². The summed E-state index contributed by atoms with van der Waals surface area (Å²) in [6.45, 7) is 5.88. The van der Waals surface area contributed by atoms with Crippen molar-refractivity contribution in [1.29, 1.82) is 0 Å². The van der Waals surface area contributed by atoms with Crippen molar-refractivity contribution < 1.29 is 9.53 Å². The molecule has 0 saturated heterocycles. The number of benzene rings is 3. The lowest BCUT2D eigenvalue weighted by atomic mass is 10.1. The van der Waals surface area contributed by atoms with Crippen molar-refractivity contribution in [2.75, 3.05) is 13.2 Å². The van der Waals surface area contributed by atoms with Gasteiger partial charge in [-0.15, -0.1) is 0 Å². The highest BCUT2D eigenvalue weighted by atomic mass is 16.5. The molecule has 0 aliphatic heterocycles. The first-order valence-corrected chi connectivity index (χ1v) is 11.1. The van der Waals surface area contributed by atoms with Crippen LogP contribution in [0.1, 0.15) is 22.5 Å². The van der Waals surface area contributed by atoms with E-state index in [0.29, 0.717) is 32.5 Å². The van der Waals surface area contributed by atoms with Gasteiger partial charge in [-0.1, -0.05) is 54.6 Å². The number of amides is 1. The number of rotatable bonds is 9. The summed E-state index contributed by atoms with van der Waals surface area (Å²) in [4.78, 5) is 17.2. The van der Waals surface area contributed by atoms with Gasteiger partial charge in [0, 0.05) is 13.0 Å². The van der Waals surface area contributed by atoms with E-state index >= 15 is 0 Å². The van der Waals surface area contributed by atoms with Gasteiger partial charge >= 0.3 is 0 Å². The van der Waals surface area contributed by atoms with Gasteiger partial charge in [-0.25, -0.2) is 4.98 Å². The molecule has 0 fully saturated rings. The van der Waals surface area contributed by atoms with Crippen LogP contribution in [0.3, 0.4) is 0 Å². The number of nitrogens with zero attached hydrogens (tertiary/aromatic N) is 2. The van der Waals surface area contributed by atoms with Gasteiger partial charge in [0.25, 0.3) is 0 Å². The maximum atomic E-state index is 12.4. The minimum atomic E-state index is 0.0323. The first-order valence-electron chi connectivity index (χ1n) is 11.1. The Morgan fingerprint density at radius 3 is 2.47 bits per heavy atom. The molecule has 0 unspecified atom stereocenters. The van der Waals surface area contributed by atoms with Gasteiger partial charge in [0.15, 0.2) is 0 Å². The molecule has 0 aliphatic carbocycles. The van der Waals surface area contributed by atoms with E-state index in [-0.39, 0.29) is 5.91 Å². The fourth-order valence-corrected chi connectivity index (χ4v) is 3.89. The standard InChI is InChI=1S/C27H29N3O2/c1-20-9-3-5-11-22(20)19-27(31)28-16-15-26-29-23-12-6-7-13-24(23)30(26)17-18-32-25-14-8-4-10-21(25)2/h3-14H,15-19H2,1-2H3,(H,28,31). The molecule has 0 saturated carbocycles. The lowest BCUT2D eigenvalue weighted by Gasteiger charge is -2.12. The number of ether oxygens (including phenoxy) is 1. The minimum absolute atomic E-state index is 0.0323. The van der Waals surface area contributed by atoms with Crippen LogP contribution in [0.4, 0.5) is 0 Å². The molecule has 5 heteroatoms. The van der Waals surface area contributed by atoms with Crippen LogP contribution in [-0.4, -0.2) is 28.6 Å². The van der Waals surface area contributed by atoms with E-state index in [1.54, 1.807) is 0 Å². The predicted octanol–water partition coefficient (Wildman–Crippen LogP) is 4.63. The molecule has 0 radical (unpaired) electrons. The highest BCUT2D eigenvalue weighted by Gasteiger charge is 2.12. The van der Waals surface area contributed by atoms with Crippen LogP contribution < -0.4 is 10.1 Å². The molecule has 5 nitrogen and oxygen atoms in total. The summed E-state index contributed by atoms with van der Waals surface area (Å²) in [6, 6.07) is 24.2. The SMILES string of the molecule is Cc1ccccc1CC(=O)NCCc1nc2ccccc2n1CCOc1ccccc1C. The second-order valence-corrected chi connectivity index (χ2v) is 7.99. The van der Waals surface area contributed by atoms with Gasteiger partial charge < -0.3 is 14.6 Å². The van der Waals surface area contributed by atoms with Crippen molar-refractivity contribution in [2.45, 2.75) is 33.2 Å². The van der Waals surface area contributed by atoms with Crippen molar-refractivity contribution in [1.82, 2.24) is 14.9 Å². The van der Waals surface area contributed by atoms with Crippen molar-refractivity contribution >= 4 is 16.9 Å². The van der Waals surface area contributed by atoms with Gasteiger partial charge in [0.2, 0.25) is 5.91 Å². The lowest BCUT2D eigenvalue weighted by molar-refractivity contribution is -0.120. The Bertz CT molecular complexity index is 1210. The van der Waals surface area contributed by atoms with E-state index in [2.05, 4.69) is 16.0 Å². The third-order valence-electron chi connectivity index (χ3n) is 5.68. The summed E-state index contributed by atoms with van der Waals surface area (Å²) in [5.74, 6) is 1.89. The average molecular weight is 428 g/mol. The number of hydrogen-bond donors (Lipinski definition) is 1. The Kier molecular flexibility index (Phi) is 6.85. The summed E-state index contributed by atoms with van der Waals surface area (Å²) in [5, 5.41) is 3.04. The topological polar surface area (TPSA) is 56.2 Å². The minimum Gasteiger partial charge on any atom is -0.491 e. The third-order valence-corrected chi connectivity index (χ3v) is 5.68. The number of carbonyl (C=O) groups excluding carboxylic acids is 1. The van der Waals surface area contributed by atoms with E-state index in [0.717, 1.165) is 39.3 Å². The highest BCUT2D eigenvalue weighted by molar-refractivity contribution is 5.79. The van der Waals surface area contributed by atoms with Crippen LogP contribution >= 0.6 is 0 Å². The van der Waals surface area contributed by atoms with Crippen LogP contribution in [0.2, 0.25) is 0 Å². The maximum absolute atomic E-state index is 12.4. The molecule has 0 bridgehead atoms. The molecule has 0 atom stereocenters. The van der Waals surface area contributed by atoms with Crippen molar-refractivity contribution in [3.8, 4) is 5.75 Å². The number of carbonyl (C=O) groups is 1. The molecule has 4 rings (SSSR count). The summed E-state index contributed by atoms with van der Waals surface area (Å²) < 4.78 is 8.21. The van der Waals surface area contributed by atoms with Crippen LogP contribution in [0, 0.1) is 13.8 Å². The second-order valence-electron chi connectivity index (χ2n) is 7.99. The van der Waals surface area contributed by atoms with Gasteiger partial charge in [0.05, 0.1) is 24.0 Å². The molecule has 1 N–H and O–H groups in total. The van der Waals surface area contributed by atoms with Crippen LogP contribution in [-0.2, 0) is 24.2 Å². The van der Waals surface area contributed by atoms with Gasteiger partial charge in [-0.2, -0.15) is 0 Å². The molecule has 0 aliphatic rings. The zero-order valence-corrected chi connectivity index (χ0v) is 18.7. The Labute approximate surface area is 189 Å². The number of para-hydroxylation sites is 3. The zero-order valence-electron chi connectivity index (χ0n) is 18.7. The molecule has 3 aromatic carbocycles. The number of fused-ring (bicyclic) bond motifs is 1. The van der Waals surface area contributed by atoms with Crippen molar-refractivity contribution in [3.05, 3.63) is 95.3 Å². The van der Waals surface area contributed by atoms with E-state index in [9.17, 15) is 4.79 Å². The monoisotopic (exact) mass is 427 g/mol. The smallest absolute Gasteiger partial charge is 0.224 e. The Balaban J connectivity index is 1.39. The second kappa shape index (κ2) is 10.1. The molecule has 32 heavy (non-hydrogen) atoms. The van der Waals surface area contributed by atoms with Crippen LogP contribution in [0.25, 0.3) is 11.0 Å². The third kappa shape index (κ3) is 5.17. The Hall–Kier alpha value is -3.60. The summed E-state index contributed by atoms with van der Waals surface area (Å²) in [6.07, 6.45) is 1.06. The molecular formula is C27H29N3O2. The molecule has 1 aromatic heterocycles. The van der Waals surface area contributed by atoms with Gasteiger partial charge in [-0.3, -0.25) is 4.79 Å².